The Balaban J connectivity index is 1.75. The number of benzene rings is 2. The fourth-order valence-corrected chi connectivity index (χ4v) is 4.69. The second-order valence-corrected chi connectivity index (χ2v) is 9.13. The number of thiazole rings is 1. The van der Waals surface area contributed by atoms with E-state index in [1.165, 1.54) is 10.8 Å². The molecule has 0 bridgehead atoms. The number of nitrogens with one attached hydrogen (secondary N) is 2. The van der Waals surface area contributed by atoms with Gasteiger partial charge in [0, 0.05) is 30.7 Å². The Kier molecular flexibility index (Phi) is 9.77. The van der Waals surface area contributed by atoms with Gasteiger partial charge in [-0.25, -0.2) is 4.79 Å². The maximum absolute atomic E-state index is 12.9. The van der Waals surface area contributed by atoms with E-state index in [9.17, 15) is 19.6 Å². The number of hydrogen-bond donors (Lipinski definition) is 2. The number of nitriles is 1. The third-order valence-corrected chi connectivity index (χ3v) is 6.38. The summed E-state index contributed by atoms with van der Waals surface area (Å²) in [5.74, 6) is -0.905. The molecular weight excluding hydrogens is 490 g/mol. The molecule has 0 saturated heterocycles. The summed E-state index contributed by atoms with van der Waals surface area (Å²) >= 11 is 1.04. The van der Waals surface area contributed by atoms with Crippen LogP contribution in [0.15, 0.2) is 59.4 Å². The molecule has 0 atom stereocenters. The molecule has 1 amide bonds. The van der Waals surface area contributed by atoms with Crippen LogP contribution in [-0.4, -0.2) is 41.5 Å². The van der Waals surface area contributed by atoms with Gasteiger partial charge in [-0.3, -0.25) is 19.1 Å². The van der Waals surface area contributed by atoms with E-state index in [1.807, 2.05) is 48.3 Å². The van der Waals surface area contributed by atoms with Gasteiger partial charge in [0.15, 0.2) is 5.57 Å². The lowest BCUT2D eigenvalue weighted by atomic mass is 10.2. The van der Waals surface area contributed by atoms with Crippen LogP contribution < -0.4 is 25.4 Å². The number of aromatic nitrogens is 1. The molecule has 9 nitrogen and oxygen atoms in total. The molecule has 3 aromatic rings. The molecule has 3 rings (SSSR count). The summed E-state index contributed by atoms with van der Waals surface area (Å²) in [6.45, 7) is 4.72. The first kappa shape index (κ1) is 27.4. The Morgan fingerprint density at radius 3 is 2.54 bits per heavy atom. The van der Waals surface area contributed by atoms with Crippen molar-refractivity contribution >= 4 is 46.4 Å². The lowest BCUT2D eigenvalue weighted by Crippen LogP contribution is -2.32. The molecule has 0 fully saturated rings. The number of carbonyl (C=O) groups excluding carboxylic acids is 2. The summed E-state index contributed by atoms with van der Waals surface area (Å²) in [5.41, 5.74) is 1.87. The largest absolute Gasteiger partial charge is 0.462 e. The van der Waals surface area contributed by atoms with Crippen LogP contribution in [0.4, 0.5) is 11.4 Å². The smallest absolute Gasteiger partial charge is 0.351 e. The van der Waals surface area contributed by atoms with Gasteiger partial charge in [-0.2, -0.15) is 5.26 Å². The van der Waals surface area contributed by atoms with E-state index in [0.29, 0.717) is 29.0 Å². The average molecular weight is 520 g/mol. The van der Waals surface area contributed by atoms with E-state index in [2.05, 4.69) is 10.6 Å². The zero-order chi connectivity index (χ0) is 26.8. The first-order valence-electron chi connectivity index (χ1n) is 11.8. The van der Waals surface area contributed by atoms with E-state index in [1.54, 1.807) is 38.1 Å². The molecule has 0 radical (unpaired) electrons. The van der Waals surface area contributed by atoms with Crippen molar-refractivity contribution in [2.24, 2.45) is 0 Å². The number of amides is 1. The number of ether oxygens (including phenoxy) is 1. The van der Waals surface area contributed by atoms with Crippen LogP contribution in [0, 0.1) is 11.3 Å². The van der Waals surface area contributed by atoms with Gasteiger partial charge < -0.3 is 15.4 Å². The van der Waals surface area contributed by atoms with Crippen LogP contribution in [0.5, 0.6) is 0 Å². The second-order valence-electron chi connectivity index (χ2n) is 8.10. The van der Waals surface area contributed by atoms with Gasteiger partial charge in [0.1, 0.15) is 15.3 Å². The average Bonchev–Trinajstić information content (AvgIpc) is 3.18. The van der Waals surface area contributed by atoms with Crippen LogP contribution in [0.25, 0.3) is 11.8 Å². The van der Waals surface area contributed by atoms with E-state index in [-0.39, 0.29) is 34.9 Å². The highest BCUT2D eigenvalue weighted by Crippen LogP contribution is 2.15. The summed E-state index contributed by atoms with van der Waals surface area (Å²) < 4.78 is 6.90. The molecule has 37 heavy (non-hydrogen) atoms. The normalized spacial score (nSPS) is 12.1. The Morgan fingerprint density at radius 1 is 1.14 bits per heavy atom. The van der Waals surface area contributed by atoms with Gasteiger partial charge in [0.25, 0.3) is 5.56 Å². The Labute approximate surface area is 218 Å². The van der Waals surface area contributed by atoms with Crippen molar-refractivity contribution in [1.82, 2.24) is 9.47 Å². The fraction of sp³-hybridized carbons (Fsp3) is 0.259. The van der Waals surface area contributed by atoms with Crippen molar-refractivity contribution in [2.75, 3.05) is 30.8 Å². The Hall–Kier alpha value is -4.20. The SMILES string of the molecule is CCOC(=O)C(C#N)=c1sc(=CNc2cccc(NC(=O)CN(C)Cc3ccccc3)c2)c(=O)n1CC. The lowest BCUT2D eigenvalue weighted by molar-refractivity contribution is -0.136. The van der Waals surface area contributed by atoms with Gasteiger partial charge in [-0.1, -0.05) is 36.4 Å². The third kappa shape index (κ3) is 7.39. The predicted molar refractivity (Wildman–Crippen MR) is 145 cm³/mol. The quantitative estimate of drug-likeness (QED) is 0.394. The number of rotatable bonds is 10. The third-order valence-electron chi connectivity index (χ3n) is 5.25. The molecule has 10 heteroatoms. The highest BCUT2D eigenvalue weighted by molar-refractivity contribution is 7.07. The zero-order valence-corrected chi connectivity index (χ0v) is 21.8. The molecule has 2 aromatic carbocycles. The van der Waals surface area contributed by atoms with Gasteiger partial charge in [-0.05, 0) is 44.7 Å². The van der Waals surface area contributed by atoms with Gasteiger partial charge in [0.05, 0.1) is 13.2 Å². The lowest BCUT2D eigenvalue weighted by Gasteiger charge is -2.16. The number of anilines is 2. The van der Waals surface area contributed by atoms with Crippen molar-refractivity contribution in [3.05, 3.63) is 79.7 Å². The minimum Gasteiger partial charge on any atom is -0.462 e. The fourth-order valence-electron chi connectivity index (χ4n) is 3.61. The molecule has 192 valence electrons. The number of carbonyl (C=O) groups is 2. The second kappa shape index (κ2) is 13.2. The molecule has 1 aromatic heterocycles. The Morgan fingerprint density at radius 2 is 1.86 bits per heavy atom. The topological polar surface area (TPSA) is 116 Å². The molecular formula is C27H29N5O4S. The van der Waals surface area contributed by atoms with Gasteiger partial charge in [-0.15, -0.1) is 11.3 Å². The molecule has 0 unspecified atom stereocenters. The molecule has 0 spiro atoms. The summed E-state index contributed by atoms with van der Waals surface area (Å²) in [7, 11) is 1.88. The Bertz CT molecular complexity index is 1470. The molecule has 0 saturated carbocycles. The van der Waals surface area contributed by atoms with Crippen LogP contribution in [0.3, 0.4) is 0 Å². The van der Waals surface area contributed by atoms with Crippen molar-refractivity contribution in [3.63, 3.8) is 0 Å². The standard InChI is InChI=1S/C27H29N5O4S/c1-4-32-25(34)23(37-26(32)22(15-28)27(35)36-5-2)16-29-20-12-9-13-21(14-20)30-24(33)18-31(3)17-19-10-7-6-8-11-19/h6-14,16,29H,4-5,17-18H2,1-3H3,(H,30,33). The van der Waals surface area contributed by atoms with Crippen molar-refractivity contribution in [1.29, 1.82) is 5.26 Å². The molecule has 0 aliphatic rings. The first-order chi connectivity index (χ1) is 17.9. The predicted octanol–water partition coefficient (Wildman–Crippen LogP) is 2.09. The van der Waals surface area contributed by atoms with Crippen molar-refractivity contribution < 1.29 is 14.3 Å². The summed E-state index contributed by atoms with van der Waals surface area (Å²) in [6, 6.07) is 18.9. The molecule has 0 aliphatic carbocycles. The minimum atomic E-state index is -0.759. The maximum atomic E-state index is 12.9. The highest BCUT2D eigenvalue weighted by Gasteiger charge is 2.16. The van der Waals surface area contributed by atoms with E-state index >= 15 is 0 Å². The van der Waals surface area contributed by atoms with Crippen molar-refractivity contribution in [3.8, 4) is 6.07 Å². The highest BCUT2D eigenvalue weighted by atomic mass is 32.1. The maximum Gasteiger partial charge on any atom is 0.351 e. The van der Waals surface area contributed by atoms with Gasteiger partial charge >= 0.3 is 5.97 Å². The monoisotopic (exact) mass is 519 g/mol. The molecule has 1 heterocycles. The summed E-state index contributed by atoms with van der Waals surface area (Å²) in [5, 5.41) is 15.4. The minimum absolute atomic E-state index is 0.127. The van der Waals surface area contributed by atoms with E-state index in [4.69, 9.17) is 4.74 Å². The van der Waals surface area contributed by atoms with E-state index < -0.39 is 5.97 Å². The first-order valence-corrected chi connectivity index (χ1v) is 12.6. The number of esters is 1. The zero-order valence-electron chi connectivity index (χ0n) is 21.0. The van der Waals surface area contributed by atoms with E-state index in [0.717, 1.165) is 16.9 Å². The summed E-state index contributed by atoms with van der Waals surface area (Å²) in [4.78, 5) is 39.5. The number of likely N-dealkylation sites (N-methyl/N-ethyl adjacent to an activating group) is 1. The van der Waals surface area contributed by atoms with Gasteiger partial charge in [0.2, 0.25) is 5.91 Å². The molecule has 2 N–H and O–H groups in total. The van der Waals surface area contributed by atoms with Crippen molar-refractivity contribution in [2.45, 2.75) is 26.9 Å². The summed E-state index contributed by atoms with van der Waals surface area (Å²) in [6.07, 6.45) is 1.53. The number of hydrogen-bond acceptors (Lipinski definition) is 8. The van der Waals surface area contributed by atoms with Crippen LogP contribution in [-0.2, 0) is 27.4 Å². The van der Waals surface area contributed by atoms with Crippen LogP contribution in [0.1, 0.15) is 19.4 Å². The number of nitrogens with zero attached hydrogens (tertiary/aromatic N) is 3. The van der Waals surface area contributed by atoms with Crippen LogP contribution >= 0.6 is 11.3 Å². The van der Waals surface area contributed by atoms with Crippen LogP contribution in [0.2, 0.25) is 0 Å². The molecule has 0 aliphatic heterocycles.